The topological polar surface area (TPSA) is 56.1 Å². The third-order valence-electron chi connectivity index (χ3n) is 5.70. The average molecular weight is 508 g/mol. The standard InChI is InChI=1S/C28H27Cl2N3O2/c1-18(2)21-8-11-25(12-9-21)35-17-20-5-4-6-22(14-20)28(34)31-27-13-19(3)33(32-27)16-23-7-10-24(29)15-26(23)30/h4-15,18H,16-17H2,1-3H3,(H,31,32,34). The van der Waals surface area contributed by atoms with Gasteiger partial charge < -0.3 is 10.1 Å². The molecule has 0 saturated heterocycles. The van der Waals surface area contributed by atoms with Gasteiger partial charge in [0.15, 0.2) is 5.82 Å². The Hall–Kier alpha value is -3.28. The van der Waals surface area contributed by atoms with Gasteiger partial charge in [-0.3, -0.25) is 9.48 Å². The first-order chi connectivity index (χ1) is 16.8. The molecule has 1 N–H and O–H groups in total. The van der Waals surface area contributed by atoms with Gasteiger partial charge in [-0.15, -0.1) is 0 Å². The monoisotopic (exact) mass is 507 g/mol. The number of halogens is 2. The molecular formula is C28H27Cl2N3O2. The van der Waals surface area contributed by atoms with Gasteiger partial charge >= 0.3 is 0 Å². The number of amides is 1. The summed E-state index contributed by atoms with van der Waals surface area (Å²) in [4.78, 5) is 12.9. The van der Waals surface area contributed by atoms with E-state index in [1.54, 1.807) is 22.9 Å². The van der Waals surface area contributed by atoms with Gasteiger partial charge in [0.2, 0.25) is 0 Å². The summed E-state index contributed by atoms with van der Waals surface area (Å²) in [5.74, 6) is 1.52. The average Bonchev–Trinajstić information content (AvgIpc) is 3.18. The van der Waals surface area contributed by atoms with E-state index in [0.717, 1.165) is 22.6 Å². The molecule has 0 aliphatic heterocycles. The molecule has 0 atom stereocenters. The molecule has 5 nitrogen and oxygen atoms in total. The second-order valence-corrected chi connectivity index (χ2v) is 9.57. The van der Waals surface area contributed by atoms with Crippen molar-refractivity contribution < 1.29 is 9.53 Å². The summed E-state index contributed by atoms with van der Waals surface area (Å²) >= 11 is 12.3. The van der Waals surface area contributed by atoms with Gasteiger partial charge in [-0.1, -0.05) is 67.4 Å². The minimum Gasteiger partial charge on any atom is -0.489 e. The summed E-state index contributed by atoms with van der Waals surface area (Å²) in [6.07, 6.45) is 0. The number of ether oxygens (including phenoxy) is 1. The maximum Gasteiger partial charge on any atom is 0.256 e. The zero-order valence-corrected chi connectivity index (χ0v) is 21.4. The van der Waals surface area contributed by atoms with Gasteiger partial charge in [0.05, 0.1) is 6.54 Å². The van der Waals surface area contributed by atoms with Crippen LogP contribution in [-0.2, 0) is 13.2 Å². The molecule has 0 spiro atoms. The maximum atomic E-state index is 12.9. The second-order valence-electron chi connectivity index (χ2n) is 8.73. The first-order valence-electron chi connectivity index (χ1n) is 11.4. The summed E-state index contributed by atoms with van der Waals surface area (Å²) in [5, 5.41) is 8.56. The van der Waals surface area contributed by atoms with Crippen LogP contribution in [0.2, 0.25) is 10.0 Å². The first kappa shape index (κ1) is 24.8. The fraction of sp³-hybridized carbons (Fsp3) is 0.214. The van der Waals surface area contributed by atoms with E-state index in [-0.39, 0.29) is 5.91 Å². The van der Waals surface area contributed by atoms with Crippen LogP contribution in [0, 0.1) is 6.92 Å². The van der Waals surface area contributed by atoms with E-state index in [2.05, 4.69) is 36.4 Å². The first-order valence-corrected chi connectivity index (χ1v) is 12.2. The number of nitrogens with zero attached hydrogens (tertiary/aromatic N) is 2. The summed E-state index contributed by atoms with van der Waals surface area (Å²) in [5.41, 5.74) is 4.51. The fourth-order valence-electron chi connectivity index (χ4n) is 3.65. The second kappa shape index (κ2) is 11.0. The quantitative estimate of drug-likeness (QED) is 0.268. The highest BCUT2D eigenvalue weighted by atomic mass is 35.5. The molecule has 0 radical (unpaired) electrons. The predicted octanol–water partition coefficient (Wildman–Crippen LogP) is 7.50. The molecule has 0 aliphatic carbocycles. The van der Waals surface area contributed by atoms with Crippen LogP contribution in [0.15, 0.2) is 72.8 Å². The minimum atomic E-state index is -0.234. The molecule has 35 heavy (non-hydrogen) atoms. The van der Waals surface area contributed by atoms with E-state index in [0.29, 0.717) is 40.5 Å². The highest BCUT2D eigenvalue weighted by Crippen LogP contribution is 2.23. The van der Waals surface area contributed by atoms with E-state index in [9.17, 15) is 4.79 Å². The molecule has 4 rings (SSSR count). The van der Waals surface area contributed by atoms with Crippen molar-refractivity contribution >= 4 is 34.9 Å². The van der Waals surface area contributed by atoms with Crippen molar-refractivity contribution in [2.45, 2.75) is 39.8 Å². The van der Waals surface area contributed by atoms with Crippen molar-refractivity contribution in [2.24, 2.45) is 0 Å². The number of carbonyl (C=O) groups excluding carboxylic acids is 1. The molecule has 0 saturated carbocycles. The molecule has 180 valence electrons. The molecule has 0 bridgehead atoms. The van der Waals surface area contributed by atoms with Gasteiger partial charge in [0.25, 0.3) is 5.91 Å². The van der Waals surface area contributed by atoms with Crippen LogP contribution in [-0.4, -0.2) is 15.7 Å². The van der Waals surface area contributed by atoms with Crippen molar-refractivity contribution in [3.8, 4) is 5.75 Å². The normalized spacial score (nSPS) is 11.0. The van der Waals surface area contributed by atoms with Crippen LogP contribution in [0.3, 0.4) is 0 Å². The Balaban J connectivity index is 1.39. The Morgan fingerprint density at radius 1 is 1.03 bits per heavy atom. The van der Waals surface area contributed by atoms with Crippen LogP contribution >= 0.6 is 23.2 Å². The number of aromatic nitrogens is 2. The highest BCUT2D eigenvalue weighted by molar-refractivity contribution is 6.35. The third kappa shape index (κ3) is 6.44. The molecule has 0 aliphatic rings. The molecule has 1 aromatic heterocycles. The van der Waals surface area contributed by atoms with Gasteiger partial charge in [-0.2, -0.15) is 5.10 Å². The Labute approximate surface area is 215 Å². The lowest BCUT2D eigenvalue weighted by atomic mass is 10.0. The van der Waals surface area contributed by atoms with Gasteiger partial charge in [0.1, 0.15) is 12.4 Å². The predicted molar refractivity (Wildman–Crippen MR) is 142 cm³/mol. The minimum absolute atomic E-state index is 0.234. The fourth-order valence-corrected chi connectivity index (χ4v) is 4.12. The SMILES string of the molecule is Cc1cc(NC(=O)c2cccc(COc3ccc(C(C)C)cc3)c2)nn1Cc1ccc(Cl)cc1Cl. The molecule has 3 aromatic carbocycles. The van der Waals surface area contributed by atoms with Gasteiger partial charge in [-0.25, -0.2) is 0 Å². The van der Waals surface area contributed by atoms with E-state index in [4.69, 9.17) is 27.9 Å². The third-order valence-corrected chi connectivity index (χ3v) is 6.29. The van der Waals surface area contributed by atoms with Crippen molar-refractivity contribution in [2.75, 3.05) is 5.32 Å². The van der Waals surface area contributed by atoms with E-state index >= 15 is 0 Å². The van der Waals surface area contributed by atoms with E-state index in [1.165, 1.54) is 5.56 Å². The Kier molecular flexibility index (Phi) is 7.79. The number of aryl methyl sites for hydroxylation is 1. The largest absolute Gasteiger partial charge is 0.489 e. The van der Waals surface area contributed by atoms with Crippen molar-refractivity contribution in [3.63, 3.8) is 0 Å². The van der Waals surface area contributed by atoms with E-state index in [1.807, 2.05) is 49.4 Å². The Morgan fingerprint density at radius 3 is 2.51 bits per heavy atom. The molecular weight excluding hydrogens is 481 g/mol. The smallest absolute Gasteiger partial charge is 0.256 e. The number of nitrogens with one attached hydrogen (secondary N) is 1. The lowest BCUT2D eigenvalue weighted by Gasteiger charge is -2.10. The molecule has 7 heteroatoms. The number of benzene rings is 3. The van der Waals surface area contributed by atoms with E-state index < -0.39 is 0 Å². The zero-order chi connectivity index (χ0) is 24.9. The number of carbonyl (C=O) groups is 1. The molecule has 1 amide bonds. The number of hydrogen-bond donors (Lipinski definition) is 1. The summed E-state index contributed by atoms with van der Waals surface area (Å²) in [7, 11) is 0. The molecule has 0 fully saturated rings. The lowest BCUT2D eigenvalue weighted by molar-refractivity contribution is 0.102. The Morgan fingerprint density at radius 2 is 1.80 bits per heavy atom. The number of hydrogen-bond acceptors (Lipinski definition) is 3. The summed E-state index contributed by atoms with van der Waals surface area (Å²) < 4.78 is 7.70. The van der Waals surface area contributed by atoms with Crippen LogP contribution in [0.4, 0.5) is 5.82 Å². The number of anilines is 1. The van der Waals surface area contributed by atoms with Crippen molar-refractivity contribution in [3.05, 3.63) is 111 Å². The maximum absolute atomic E-state index is 12.9. The summed E-state index contributed by atoms with van der Waals surface area (Å²) in [6.45, 7) is 7.10. The van der Waals surface area contributed by atoms with Crippen LogP contribution in [0.25, 0.3) is 0 Å². The van der Waals surface area contributed by atoms with Crippen LogP contribution < -0.4 is 10.1 Å². The van der Waals surface area contributed by atoms with Crippen molar-refractivity contribution in [1.29, 1.82) is 0 Å². The number of rotatable bonds is 8. The molecule has 1 heterocycles. The highest BCUT2D eigenvalue weighted by Gasteiger charge is 2.12. The van der Waals surface area contributed by atoms with Gasteiger partial charge in [-0.05, 0) is 65.9 Å². The zero-order valence-electron chi connectivity index (χ0n) is 19.9. The molecule has 0 unspecified atom stereocenters. The molecule has 4 aromatic rings. The van der Waals surface area contributed by atoms with Crippen LogP contribution in [0.5, 0.6) is 5.75 Å². The van der Waals surface area contributed by atoms with Crippen LogP contribution in [0.1, 0.15) is 52.5 Å². The summed E-state index contributed by atoms with van der Waals surface area (Å²) in [6, 6.07) is 22.7. The van der Waals surface area contributed by atoms with Gasteiger partial charge in [0, 0.05) is 27.4 Å². The lowest BCUT2D eigenvalue weighted by Crippen LogP contribution is -2.13. The Bertz CT molecular complexity index is 1330. The van der Waals surface area contributed by atoms with Crippen molar-refractivity contribution in [1.82, 2.24) is 9.78 Å².